The van der Waals surface area contributed by atoms with Crippen molar-refractivity contribution in [2.75, 3.05) is 0 Å². The molecule has 3 aromatic rings. The molecular weight excluding hydrogens is 268 g/mol. The number of fused-ring (bicyclic) bond motifs is 1. The minimum Gasteiger partial charge on any atom is -0.505 e. The first kappa shape index (κ1) is 13.3. The van der Waals surface area contributed by atoms with Gasteiger partial charge in [-0.05, 0) is 19.1 Å². The molecule has 0 aliphatic carbocycles. The molecule has 0 aliphatic heterocycles. The molecule has 0 fully saturated rings. The number of imidazole rings is 1. The number of rotatable bonds is 3. The molecule has 2 aromatic heterocycles. The highest BCUT2D eigenvalue weighted by atomic mass is 16.3. The fourth-order valence-corrected chi connectivity index (χ4v) is 2.08. The Bertz CT molecular complexity index is 824. The third-order valence-electron chi connectivity index (χ3n) is 3.27. The minimum atomic E-state index is -0.215. The average Bonchev–Trinajstić information content (AvgIpc) is 2.92. The summed E-state index contributed by atoms with van der Waals surface area (Å²) in [6, 6.07) is 7.62. The number of aryl methyl sites for hydroxylation is 1. The lowest BCUT2D eigenvalue weighted by Gasteiger charge is -2.06. The van der Waals surface area contributed by atoms with E-state index in [1.54, 1.807) is 17.9 Å². The van der Waals surface area contributed by atoms with Crippen molar-refractivity contribution in [1.82, 2.24) is 14.6 Å². The fraction of sp³-hybridized carbons (Fsp3) is 0.133. The Morgan fingerprint density at radius 1 is 1.29 bits per heavy atom. The van der Waals surface area contributed by atoms with Gasteiger partial charge in [0, 0.05) is 17.3 Å². The van der Waals surface area contributed by atoms with Gasteiger partial charge in [-0.1, -0.05) is 12.1 Å². The maximum atomic E-state index is 10.1. The van der Waals surface area contributed by atoms with Gasteiger partial charge in [-0.15, -0.1) is 0 Å². The summed E-state index contributed by atoms with van der Waals surface area (Å²) in [7, 11) is 0. The Morgan fingerprint density at radius 3 is 2.90 bits per heavy atom. The highest BCUT2D eigenvalue weighted by Crippen LogP contribution is 2.22. The third kappa shape index (κ3) is 2.36. The molecule has 0 radical (unpaired) electrons. The van der Waals surface area contributed by atoms with Crippen LogP contribution in [-0.2, 0) is 6.61 Å². The molecule has 3 rings (SSSR count). The molecule has 0 saturated carbocycles. The van der Waals surface area contributed by atoms with Gasteiger partial charge >= 0.3 is 0 Å². The topological polar surface area (TPSA) is 83.5 Å². The maximum Gasteiger partial charge on any atom is 0.145 e. The minimum absolute atomic E-state index is 0.0229. The van der Waals surface area contributed by atoms with Gasteiger partial charge in [-0.25, -0.2) is 9.66 Å². The predicted octanol–water partition coefficient (Wildman–Crippen LogP) is 1.82. The number of pyridine rings is 1. The lowest BCUT2D eigenvalue weighted by Crippen LogP contribution is -1.99. The zero-order valence-electron chi connectivity index (χ0n) is 11.4. The van der Waals surface area contributed by atoms with Crippen molar-refractivity contribution in [2.24, 2.45) is 5.10 Å². The smallest absolute Gasteiger partial charge is 0.145 e. The van der Waals surface area contributed by atoms with Crippen molar-refractivity contribution in [2.45, 2.75) is 13.5 Å². The fourth-order valence-electron chi connectivity index (χ4n) is 2.08. The van der Waals surface area contributed by atoms with E-state index < -0.39 is 0 Å². The highest BCUT2D eigenvalue weighted by Gasteiger charge is 2.09. The van der Waals surface area contributed by atoms with Crippen LogP contribution in [0, 0.1) is 6.92 Å². The van der Waals surface area contributed by atoms with Gasteiger partial charge in [-0.3, -0.25) is 4.98 Å². The van der Waals surface area contributed by atoms with Crippen molar-refractivity contribution >= 4 is 17.2 Å². The first-order valence-corrected chi connectivity index (χ1v) is 6.45. The van der Waals surface area contributed by atoms with Crippen molar-refractivity contribution < 1.29 is 10.2 Å². The number of aromatic nitrogens is 3. The molecule has 6 heteroatoms. The van der Waals surface area contributed by atoms with Gasteiger partial charge in [0.25, 0.3) is 0 Å². The van der Waals surface area contributed by atoms with E-state index in [1.165, 1.54) is 12.4 Å². The molecule has 0 bridgehead atoms. The van der Waals surface area contributed by atoms with E-state index in [0.29, 0.717) is 16.8 Å². The second-order valence-electron chi connectivity index (χ2n) is 4.61. The van der Waals surface area contributed by atoms with Crippen LogP contribution in [-0.4, -0.2) is 31.1 Å². The van der Waals surface area contributed by atoms with Crippen LogP contribution in [0.2, 0.25) is 0 Å². The summed E-state index contributed by atoms with van der Waals surface area (Å²) < 4.78 is 1.62. The number of aromatic hydroxyl groups is 1. The maximum absolute atomic E-state index is 10.1. The second-order valence-corrected chi connectivity index (χ2v) is 4.61. The van der Waals surface area contributed by atoms with Crippen molar-refractivity contribution in [3.63, 3.8) is 0 Å². The van der Waals surface area contributed by atoms with E-state index in [-0.39, 0.29) is 12.4 Å². The van der Waals surface area contributed by atoms with E-state index in [4.69, 9.17) is 0 Å². The number of para-hydroxylation sites is 2. The zero-order chi connectivity index (χ0) is 14.8. The van der Waals surface area contributed by atoms with Crippen LogP contribution in [0.25, 0.3) is 11.0 Å². The van der Waals surface area contributed by atoms with Crippen LogP contribution in [0.5, 0.6) is 5.75 Å². The number of aliphatic hydroxyl groups is 1. The summed E-state index contributed by atoms with van der Waals surface area (Å²) in [6.45, 7) is 1.48. The normalized spacial score (nSPS) is 11.5. The molecule has 6 nitrogen and oxygen atoms in total. The van der Waals surface area contributed by atoms with E-state index in [0.717, 1.165) is 11.0 Å². The van der Waals surface area contributed by atoms with E-state index in [9.17, 15) is 10.2 Å². The van der Waals surface area contributed by atoms with Crippen molar-refractivity contribution in [3.8, 4) is 5.75 Å². The van der Waals surface area contributed by atoms with Gasteiger partial charge in [0.15, 0.2) is 0 Å². The zero-order valence-corrected chi connectivity index (χ0v) is 11.4. The molecular formula is C15H14N4O2. The quantitative estimate of drug-likeness (QED) is 0.718. The monoisotopic (exact) mass is 282 g/mol. The van der Waals surface area contributed by atoms with Gasteiger partial charge < -0.3 is 10.2 Å². The largest absolute Gasteiger partial charge is 0.505 e. The van der Waals surface area contributed by atoms with Gasteiger partial charge in [0.2, 0.25) is 0 Å². The molecule has 106 valence electrons. The summed E-state index contributed by atoms with van der Waals surface area (Å²) in [5.74, 6) is 0.0229. The average molecular weight is 282 g/mol. The molecule has 0 aliphatic rings. The Kier molecular flexibility index (Phi) is 3.37. The van der Waals surface area contributed by atoms with Crippen LogP contribution in [0.15, 0.2) is 41.9 Å². The standard InChI is InChI=1S/C15H14N4O2/c1-10-15(21)12(11(8-20)6-16-10)7-18-19-9-17-13-4-2-3-5-14(13)19/h2-7,9,20-21H,8H2,1H3/b18-7+. The van der Waals surface area contributed by atoms with Crippen LogP contribution in [0.3, 0.4) is 0 Å². The molecule has 0 unspecified atom stereocenters. The van der Waals surface area contributed by atoms with Crippen LogP contribution >= 0.6 is 0 Å². The molecule has 0 atom stereocenters. The molecule has 0 spiro atoms. The Balaban J connectivity index is 2.06. The summed E-state index contributed by atoms with van der Waals surface area (Å²) >= 11 is 0. The van der Waals surface area contributed by atoms with Crippen molar-refractivity contribution in [1.29, 1.82) is 0 Å². The third-order valence-corrected chi connectivity index (χ3v) is 3.27. The second kappa shape index (κ2) is 5.34. The summed E-state index contributed by atoms with van der Waals surface area (Å²) in [5, 5.41) is 23.7. The Labute approximate surface area is 121 Å². The van der Waals surface area contributed by atoms with E-state index in [1.807, 2.05) is 24.3 Å². The summed E-state index contributed by atoms with van der Waals surface area (Å²) in [4.78, 5) is 8.25. The Hall–Kier alpha value is -2.73. The predicted molar refractivity (Wildman–Crippen MR) is 79.3 cm³/mol. The SMILES string of the molecule is Cc1ncc(CO)c(/C=N/n2cnc3ccccc32)c1O. The molecule has 21 heavy (non-hydrogen) atoms. The van der Waals surface area contributed by atoms with Gasteiger partial charge in [0.1, 0.15) is 12.1 Å². The molecule has 1 aromatic carbocycles. The molecule has 2 N–H and O–H groups in total. The van der Waals surface area contributed by atoms with Crippen LogP contribution in [0.1, 0.15) is 16.8 Å². The lowest BCUT2D eigenvalue weighted by atomic mass is 10.1. The number of benzene rings is 1. The number of hydrogen-bond donors (Lipinski definition) is 2. The highest BCUT2D eigenvalue weighted by molar-refractivity contribution is 5.86. The number of nitrogens with zero attached hydrogens (tertiary/aromatic N) is 4. The lowest BCUT2D eigenvalue weighted by molar-refractivity contribution is 0.280. The summed E-state index contributed by atoms with van der Waals surface area (Å²) in [6.07, 6.45) is 4.64. The summed E-state index contributed by atoms with van der Waals surface area (Å²) in [5.41, 5.74) is 3.18. The molecule has 2 heterocycles. The van der Waals surface area contributed by atoms with Gasteiger partial charge in [0.05, 0.1) is 29.5 Å². The van der Waals surface area contributed by atoms with Crippen LogP contribution < -0.4 is 0 Å². The number of aliphatic hydroxyl groups excluding tert-OH is 1. The van der Waals surface area contributed by atoms with Crippen LogP contribution in [0.4, 0.5) is 0 Å². The van der Waals surface area contributed by atoms with Crippen molar-refractivity contribution in [3.05, 3.63) is 53.6 Å². The first-order chi connectivity index (χ1) is 10.2. The molecule has 0 saturated heterocycles. The van der Waals surface area contributed by atoms with E-state index >= 15 is 0 Å². The number of hydrogen-bond acceptors (Lipinski definition) is 5. The van der Waals surface area contributed by atoms with Gasteiger partial charge in [-0.2, -0.15) is 5.10 Å². The first-order valence-electron chi connectivity index (χ1n) is 6.45. The Morgan fingerprint density at radius 2 is 2.10 bits per heavy atom. The van der Waals surface area contributed by atoms with E-state index in [2.05, 4.69) is 15.1 Å². The molecule has 0 amide bonds.